The number of hydrogen-bond acceptors (Lipinski definition) is 4. The minimum Gasteiger partial charge on any atom is -0.493 e. The molecule has 1 N–H and O–H groups in total. The van der Waals surface area contributed by atoms with E-state index in [4.69, 9.17) is 4.74 Å². The van der Waals surface area contributed by atoms with Crippen molar-refractivity contribution in [3.8, 4) is 5.75 Å². The maximum absolute atomic E-state index is 12.4. The summed E-state index contributed by atoms with van der Waals surface area (Å²) in [6.45, 7) is 8.48. The minimum absolute atomic E-state index is 0.0260. The van der Waals surface area contributed by atoms with E-state index in [2.05, 4.69) is 41.2 Å². The van der Waals surface area contributed by atoms with E-state index in [0.29, 0.717) is 13.0 Å². The van der Waals surface area contributed by atoms with Gasteiger partial charge in [-0.1, -0.05) is 24.3 Å². The first-order valence-corrected chi connectivity index (χ1v) is 9.56. The lowest BCUT2D eigenvalue weighted by atomic mass is 10.1. The largest absolute Gasteiger partial charge is 0.493 e. The van der Waals surface area contributed by atoms with Gasteiger partial charge in [-0.25, -0.2) is 0 Å². The molecule has 1 fully saturated rings. The highest BCUT2D eigenvalue weighted by atomic mass is 16.5. The summed E-state index contributed by atoms with van der Waals surface area (Å²) >= 11 is 0. The molecule has 0 spiro atoms. The Kier molecular flexibility index (Phi) is 6.35. The topological polar surface area (TPSA) is 44.8 Å². The minimum atomic E-state index is -0.0260. The van der Waals surface area contributed by atoms with Gasteiger partial charge in [0.1, 0.15) is 5.75 Å². The van der Waals surface area contributed by atoms with Crippen molar-refractivity contribution in [2.75, 3.05) is 50.1 Å². The number of anilines is 2. The molecule has 1 amide bonds. The highest BCUT2D eigenvalue weighted by Gasteiger charge is 2.17. The number of nitrogens with one attached hydrogen (secondary N) is 1. The predicted molar refractivity (Wildman–Crippen MR) is 111 cm³/mol. The lowest BCUT2D eigenvalue weighted by Gasteiger charge is -2.35. The van der Waals surface area contributed by atoms with Gasteiger partial charge >= 0.3 is 0 Å². The van der Waals surface area contributed by atoms with Crippen molar-refractivity contribution in [1.82, 2.24) is 4.90 Å². The number of nitrogens with zero attached hydrogens (tertiary/aromatic N) is 2. The molecule has 0 aromatic heterocycles. The molecule has 5 heteroatoms. The van der Waals surface area contributed by atoms with Crippen molar-refractivity contribution in [3.63, 3.8) is 0 Å². The Labute approximate surface area is 161 Å². The van der Waals surface area contributed by atoms with Crippen LogP contribution in [-0.4, -0.2) is 50.6 Å². The second kappa shape index (κ2) is 8.91. The SMILES string of the molecule is Cc1cccc(OCCC(=O)Nc2ccccc2N2CCN(C)CC2)c1C. The van der Waals surface area contributed by atoms with Crippen LogP contribution in [0.2, 0.25) is 0 Å². The highest BCUT2D eigenvalue weighted by molar-refractivity contribution is 5.94. The van der Waals surface area contributed by atoms with E-state index in [0.717, 1.165) is 48.9 Å². The summed E-state index contributed by atoms with van der Waals surface area (Å²) in [6.07, 6.45) is 0.324. The average Bonchev–Trinajstić information content (AvgIpc) is 2.66. The molecular weight excluding hydrogens is 338 g/mol. The quantitative estimate of drug-likeness (QED) is 0.849. The number of amides is 1. The molecule has 2 aromatic carbocycles. The number of piperazine rings is 1. The number of carbonyl (C=O) groups is 1. The second-order valence-electron chi connectivity index (χ2n) is 7.15. The molecule has 144 valence electrons. The molecule has 5 nitrogen and oxygen atoms in total. The van der Waals surface area contributed by atoms with Crippen LogP contribution >= 0.6 is 0 Å². The average molecular weight is 367 g/mol. The van der Waals surface area contributed by atoms with Crippen LogP contribution in [0.5, 0.6) is 5.75 Å². The number of rotatable bonds is 6. The van der Waals surface area contributed by atoms with Gasteiger partial charge in [0.25, 0.3) is 0 Å². The summed E-state index contributed by atoms with van der Waals surface area (Å²) < 4.78 is 5.81. The summed E-state index contributed by atoms with van der Waals surface area (Å²) in [5.74, 6) is 0.822. The van der Waals surface area contributed by atoms with Crippen LogP contribution < -0.4 is 15.0 Å². The molecule has 0 bridgehead atoms. The number of benzene rings is 2. The first-order chi connectivity index (χ1) is 13.0. The van der Waals surface area contributed by atoms with Gasteiger partial charge < -0.3 is 19.9 Å². The van der Waals surface area contributed by atoms with Crippen molar-refractivity contribution in [2.45, 2.75) is 20.3 Å². The fourth-order valence-corrected chi connectivity index (χ4v) is 3.25. The molecule has 0 aliphatic carbocycles. The summed E-state index contributed by atoms with van der Waals surface area (Å²) in [5, 5.41) is 3.06. The van der Waals surface area contributed by atoms with E-state index in [1.54, 1.807) is 0 Å². The zero-order valence-corrected chi connectivity index (χ0v) is 16.5. The molecule has 0 atom stereocenters. The number of hydrogen-bond donors (Lipinski definition) is 1. The van der Waals surface area contributed by atoms with Crippen molar-refractivity contribution < 1.29 is 9.53 Å². The van der Waals surface area contributed by atoms with Crippen LogP contribution in [0.15, 0.2) is 42.5 Å². The number of ether oxygens (including phenoxy) is 1. The van der Waals surface area contributed by atoms with Crippen LogP contribution in [0.3, 0.4) is 0 Å². The third-order valence-corrected chi connectivity index (χ3v) is 5.16. The maximum Gasteiger partial charge on any atom is 0.227 e. The third kappa shape index (κ3) is 5.01. The normalized spacial score (nSPS) is 14.9. The Morgan fingerprint density at radius 3 is 2.56 bits per heavy atom. The monoisotopic (exact) mass is 367 g/mol. The molecular formula is C22H29N3O2. The van der Waals surface area contributed by atoms with Gasteiger partial charge in [-0.2, -0.15) is 0 Å². The van der Waals surface area contributed by atoms with E-state index in [9.17, 15) is 4.79 Å². The van der Waals surface area contributed by atoms with Gasteiger partial charge in [0.2, 0.25) is 5.91 Å². The van der Waals surface area contributed by atoms with Gasteiger partial charge in [0, 0.05) is 26.2 Å². The zero-order valence-electron chi connectivity index (χ0n) is 16.5. The van der Waals surface area contributed by atoms with Crippen LogP contribution in [0, 0.1) is 13.8 Å². The van der Waals surface area contributed by atoms with Gasteiger partial charge in [-0.15, -0.1) is 0 Å². The van der Waals surface area contributed by atoms with E-state index in [1.807, 2.05) is 37.3 Å². The second-order valence-corrected chi connectivity index (χ2v) is 7.15. The summed E-state index contributed by atoms with van der Waals surface area (Å²) in [4.78, 5) is 17.1. The van der Waals surface area contributed by atoms with Gasteiger partial charge in [0.05, 0.1) is 24.4 Å². The Morgan fingerprint density at radius 2 is 1.78 bits per heavy atom. The standard InChI is InChI=1S/C22H29N3O2/c1-17-7-6-10-21(18(17)2)27-16-11-22(26)23-19-8-4-5-9-20(19)25-14-12-24(3)13-15-25/h4-10H,11-16H2,1-3H3,(H,23,26). The first-order valence-electron chi connectivity index (χ1n) is 9.56. The predicted octanol–water partition coefficient (Wildman–Crippen LogP) is 3.46. The van der Waals surface area contributed by atoms with Crippen LogP contribution in [0.1, 0.15) is 17.5 Å². The molecule has 0 unspecified atom stereocenters. The van der Waals surface area contributed by atoms with Gasteiger partial charge in [-0.3, -0.25) is 4.79 Å². The summed E-state index contributed by atoms with van der Waals surface area (Å²) in [5.41, 5.74) is 4.28. The van der Waals surface area contributed by atoms with Gasteiger partial charge in [0.15, 0.2) is 0 Å². The number of para-hydroxylation sites is 2. The third-order valence-electron chi connectivity index (χ3n) is 5.16. The van der Waals surface area contributed by atoms with E-state index in [-0.39, 0.29) is 5.91 Å². The van der Waals surface area contributed by atoms with Gasteiger partial charge in [-0.05, 0) is 50.2 Å². The van der Waals surface area contributed by atoms with Crippen molar-refractivity contribution in [3.05, 3.63) is 53.6 Å². The van der Waals surface area contributed by atoms with Crippen LogP contribution in [-0.2, 0) is 4.79 Å². The first kappa shape index (κ1) is 19.2. The zero-order chi connectivity index (χ0) is 19.2. The van der Waals surface area contributed by atoms with Crippen LogP contribution in [0.4, 0.5) is 11.4 Å². The fraction of sp³-hybridized carbons (Fsp3) is 0.409. The number of carbonyl (C=O) groups excluding carboxylic acids is 1. The molecule has 1 aliphatic rings. The lowest BCUT2D eigenvalue weighted by Crippen LogP contribution is -2.44. The van der Waals surface area contributed by atoms with Crippen molar-refractivity contribution >= 4 is 17.3 Å². The molecule has 2 aromatic rings. The fourth-order valence-electron chi connectivity index (χ4n) is 3.25. The Hall–Kier alpha value is -2.53. The smallest absolute Gasteiger partial charge is 0.227 e. The summed E-state index contributed by atoms with van der Waals surface area (Å²) in [6, 6.07) is 14.0. The molecule has 0 radical (unpaired) electrons. The molecule has 1 aliphatic heterocycles. The molecule has 1 heterocycles. The Balaban J connectivity index is 1.56. The Bertz CT molecular complexity index is 783. The summed E-state index contributed by atoms with van der Waals surface area (Å²) in [7, 11) is 2.14. The molecule has 27 heavy (non-hydrogen) atoms. The number of likely N-dealkylation sites (N-methyl/N-ethyl adjacent to an activating group) is 1. The highest BCUT2D eigenvalue weighted by Crippen LogP contribution is 2.27. The van der Waals surface area contributed by atoms with E-state index in [1.165, 1.54) is 5.56 Å². The van der Waals surface area contributed by atoms with Crippen molar-refractivity contribution in [1.29, 1.82) is 0 Å². The van der Waals surface area contributed by atoms with Crippen molar-refractivity contribution in [2.24, 2.45) is 0 Å². The Morgan fingerprint density at radius 1 is 1.04 bits per heavy atom. The number of aryl methyl sites for hydroxylation is 1. The molecule has 3 rings (SSSR count). The molecule has 1 saturated heterocycles. The van der Waals surface area contributed by atoms with E-state index >= 15 is 0 Å². The maximum atomic E-state index is 12.4. The van der Waals surface area contributed by atoms with Crippen LogP contribution in [0.25, 0.3) is 0 Å². The lowest BCUT2D eigenvalue weighted by molar-refractivity contribution is -0.116. The molecule has 0 saturated carbocycles. The van der Waals surface area contributed by atoms with E-state index < -0.39 is 0 Å².